The van der Waals surface area contributed by atoms with Crippen LogP contribution in [0.2, 0.25) is 0 Å². The second-order valence-electron chi connectivity index (χ2n) is 11.9. The molecule has 2 amide bonds. The molecule has 6 heteroatoms. The van der Waals surface area contributed by atoms with Crippen molar-refractivity contribution in [3.63, 3.8) is 0 Å². The van der Waals surface area contributed by atoms with Crippen LogP contribution in [0.4, 0.5) is 0 Å². The van der Waals surface area contributed by atoms with Gasteiger partial charge in [-0.05, 0) is 66.3 Å². The molecule has 1 aliphatic rings. The van der Waals surface area contributed by atoms with E-state index in [-0.39, 0.29) is 23.8 Å². The van der Waals surface area contributed by atoms with Gasteiger partial charge in [-0.3, -0.25) is 9.59 Å². The highest BCUT2D eigenvalue weighted by Crippen LogP contribution is 2.24. The van der Waals surface area contributed by atoms with E-state index < -0.39 is 0 Å². The van der Waals surface area contributed by atoms with Crippen LogP contribution in [0.3, 0.4) is 0 Å². The van der Waals surface area contributed by atoms with Crippen LogP contribution in [0, 0.1) is 0 Å². The molecule has 1 atom stereocenters. The molecule has 1 fully saturated rings. The summed E-state index contributed by atoms with van der Waals surface area (Å²) in [5, 5.41) is 15.6. The number of hydrogen-bond donors (Lipinski definition) is 4. The van der Waals surface area contributed by atoms with Gasteiger partial charge in [-0.1, -0.05) is 110 Å². The molecule has 0 spiro atoms. The third kappa shape index (κ3) is 9.25. The zero-order valence-electron chi connectivity index (χ0n) is 25.6. The summed E-state index contributed by atoms with van der Waals surface area (Å²) >= 11 is 0. The van der Waals surface area contributed by atoms with Gasteiger partial charge in [0.25, 0.3) is 5.91 Å². The standard InChI is InChI=1S/C38H46N4O2/c43-37(33-23-22-29-13-10-11-18-32(29)27-33)41-26-25-40-36(21-12-24-39-34-19-8-3-9-20-34)38(44)42-28-35(30-14-4-1-5-15-30)31-16-6-2-7-17-31/h1-2,4-7,10-11,13-18,22-23,27,34-36,39-40H,3,8-9,12,19-21,24-26,28H2,(H,41,43)(H,42,44)/t36-/m0/s1. The number of nitrogens with one attached hydrogen (secondary N) is 4. The average molecular weight is 591 g/mol. The zero-order chi connectivity index (χ0) is 30.4. The molecule has 0 aromatic heterocycles. The lowest BCUT2D eigenvalue weighted by Gasteiger charge is -2.24. The summed E-state index contributed by atoms with van der Waals surface area (Å²) in [4.78, 5) is 26.4. The molecular weight excluding hydrogens is 544 g/mol. The summed E-state index contributed by atoms with van der Waals surface area (Å²) in [5.74, 6) is -0.0413. The van der Waals surface area contributed by atoms with Crippen molar-refractivity contribution in [2.75, 3.05) is 26.2 Å². The summed E-state index contributed by atoms with van der Waals surface area (Å²) in [5.41, 5.74) is 2.99. The van der Waals surface area contributed by atoms with E-state index in [0.717, 1.165) is 30.2 Å². The second-order valence-corrected chi connectivity index (χ2v) is 11.9. The number of carbonyl (C=O) groups is 2. The number of benzene rings is 4. The monoisotopic (exact) mass is 590 g/mol. The minimum Gasteiger partial charge on any atom is -0.354 e. The first-order chi connectivity index (χ1) is 21.7. The maximum Gasteiger partial charge on any atom is 0.251 e. The summed E-state index contributed by atoms with van der Waals surface area (Å²) < 4.78 is 0. The smallest absolute Gasteiger partial charge is 0.251 e. The molecule has 5 rings (SSSR count). The van der Waals surface area contributed by atoms with Gasteiger partial charge in [0.1, 0.15) is 0 Å². The maximum atomic E-state index is 13.6. The SMILES string of the molecule is O=C(NCCN[C@@H](CCCNC1CCCCC1)C(=O)NCC(c1ccccc1)c1ccccc1)c1ccc2ccccc2c1. The molecule has 0 radical (unpaired) electrons. The van der Waals surface area contributed by atoms with E-state index in [1.54, 1.807) is 0 Å². The van der Waals surface area contributed by atoms with Crippen molar-refractivity contribution < 1.29 is 9.59 Å². The molecule has 0 heterocycles. The minimum absolute atomic E-state index is 0.000356. The van der Waals surface area contributed by atoms with Crippen molar-refractivity contribution >= 4 is 22.6 Å². The molecule has 4 N–H and O–H groups in total. The fourth-order valence-electron chi connectivity index (χ4n) is 6.22. The van der Waals surface area contributed by atoms with Crippen LogP contribution in [-0.4, -0.2) is 50.1 Å². The molecule has 0 unspecified atom stereocenters. The molecule has 1 saturated carbocycles. The predicted molar refractivity (Wildman–Crippen MR) is 180 cm³/mol. The number of fused-ring (bicyclic) bond motifs is 1. The zero-order valence-corrected chi connectivity index (χ0v) is 25.6. The van der Waals surface area contributed by atoms with Gasteiger partial charge in [-0.25, -0.2) is 0 Å². The highest BCUT2D eigenvalue weighted by atomic mass is 16.2. The number of rotatable bonds is 15. The Bertz CT molecular complexity index is 1410. The minimum atomic E-state index is -0.340. The quantitative estimate of drug-likeness (QED) is 0.125. The molecule has 4 aromatic rings. The molecule has 44 heavy (non-hydrogen) atoms. The lowest BCUT2D eigenvalue weighted by Crippen LogP contribution is -2.47. The number of carbonyl (C=O) groups excluding carboxylic acids is 2. The van der Waals surface area contributed by atoms with Crippen molar-refractivity contribution in [2.24, 2.45) is 0 Å². The normalized spacial score (nSPS) is 14.4. The van der Waals surface area contributed by atoms with Gasteiger partial charge < -0.3 is 21.3 Å². The molecule has 6 nitrogen and oxygen atoms in total. The fraction of sp³-hybridized carbons (Fsp3) is 0.368. The van der Waals surface area contributed by atoms with E-state index in [1.165, 1.54) is 43.2 Å². The van der Waals surface area contributed by atoms with E-state index in [2.05, 4.69) is 45.5 Å². The Kier molecular flexibility index (Phi) is 12.0. The van der Waals surface area contributed by atoms with Gasteiger partial charge in [0.2, 0.25) is 5.91 Å². The predicted octanol–water partition coefficient (Wildman–Crippen LogP) is 6.18. The number of hydrogen-bond acceptors (Lipinski definition) is 4. The highest BCUT2D eigenvalue weighted by molar-refractivity contribution is 5.98. The lowest BCUT2D eigenvalue weighted by atomic mass is 9.91. The van der Waals surface area contributed by atoms with Crippen molar-refractivity contribution in [2.45, 2.75) is 62.9 Å². The topological polar surface area (TPSA) is 82.3 Å². The third-order valence-corrected chi connectivity index (χ3v) is 8.72. The Labute approximate surface area is 262 Å². The lowest BCUT2D eigenvalue weighted by molar-refractivity contribution is -0.123. The Hall–Kier alpha value is -4.00. The third-order valence-electron chi connectivity index (χ3n) is 8.72. The molecule has 0 saturated heterocycles. The van der Waals surface area contributed by atoms with Gasteiger partial charge >= 0.3 is 0 Å². The summed E-state index contributed by atoms with van der Waals surface area (Å²) in [6.07, 6.45) is 8.09. The summed E-state index contributed by atoms with van der Waals surface area (Å²) in [7, 11) is 0. The van der Waals surface area contributed by atoms with Crippen molar-refractivity contribution in [1.29, 1.82) is 0 Å². The van der Waals surface area contributed by atoms with E-state index in [4.69, 9.17) is 0 Å². The maximum absolute atomic E-state index is 13.6. The average Bonchev–Trinajstić information content (AvgIpc) is 3.08. The molecule has 230 valence electrons. The van der Waals surface area contributed by atoms with Gasteiger partial charge in [0.15, 0.2) is 0 Å². The first-order valence-corrected chi connectivity index (χ1v) is 16.3. The van der Waals surface area contributed by atoms with Crippen LogP contribution in [0.25, 0.3) is 10.8 Å². The molecule has 0 bridgehead atoms. The first kappa shape index (κ1) is 31.4. The Morgan fingerprint density at radius 3 is 2.05 bits per heavy atom. The number of amides is 2. The Morgan fingerprint density at radius 2 is 1.34 bits per heavy atom. The van der Waals surface area contributed by atoms with Crippen LogP contribution in [-0.2, 0) is 4.79 Å². The van der Waals surface area contributed by atoms with Gasteiger partial charge in [-0.2, -0.15) is 0 Å². The highest BCUT2D eigenvalue weighted by Gasteiger charge is 2.21. The molecular formula is C38H46N4O2. The van der Waals surface area contributed by atoms with Crippen LogP contribution in [0.5, 0.6) is 0 Å². The van der Waals surface area contributed by atoms with Crippen LogP contribution in [0.15, 0.2) is 103 Å². The van der Waals surface area contributed by atoms with Crippen molar-refractivity contribution in [1.82, 2.24) is 21.3 Å². The Balaban J connectivity index is 1.16. The van der Waals surface area contributed by atoms with Gasteiger partial charge in [-0.15, -0.1) is 0 Å². The van der Waals surface area contributed by atoms with Crippen LogP contribution >= 0.6 is 0 Å². The van der Waals surface area contributed by atoms with Crippen LogP contribution < -0.4 is 21.3 Å². The van der Waals surface area contributed by atoms with E-state index in [9.17, 15) is 9.59 Å². The largest absolute Gasteiger partial charge is 0.354 e. The fourth-order valence-corrected chi connectivity index (χ4v) is 6.22. The molecule has 4 aromatic carbocycles. The second kappa shape index (κ2) is 16.7. The van der Waals surface area contributed by atoms with Gasteiger partial charge in [0, 0.05) is 37.2 Å². The summed E-state index contributed by atoms with van der Waals surface area (Å²) in [6, 6.07) is 34.7. The molecule has 0 aliphatic heterocycles. The van der Waals surface area contributed by atoms with E-state index in [0.29, 0.717) is 31.2 Å². The Morgan fingerprint density at radius 1 is 0.682 bits per heavy atom. The van der Waals surface area contributed by atoms with Gasteiger partial charge in [0.05, 0.1) is 6.04 Å². The first-order valence-electron chi connectivity index (χ1n) is 16.3. The van der Waals surface area contributed by atoms with E-state index >= 15 is 0 Å². The van der Waals surface area contributed by atoms with E-state index in [1.807, 2.05) is 78.9 Å². The van der Waals surface area contributed by atoms with Crippen molar-refractivity contribution in [3.8, 4) is 0 Å². The van der Waals surface area contributed by atoms with Crippen LogP contribution in [0.1, 0.15) is 72.3 Å². The molecule has 1 aliphatic carbocycles. The summed E-state index contributed by atoms with van der Waals surface area (Å²) in [6.45, 7) is 2.37. The van der Waals surface area contributed by atoms with Crippen molar-refractivity contribution in [3.05, 3.63) is 120 Å².